The van der Waals surface area contributed by atoms with E-state index in [0.29, 0.717) is 18.5 Å². The van der Waals surface area contributed by atoms with E-state index in [0.717, 1.165) is 24.0 Å². The Morgan fingerprint density at radius 2 is 2.00 bits per heavy atom. The van der Waals surface area contributed by atoms with Crippen LogP contribution in [0.15, 0.2) is 24.3 Å². The van der Waals surface area contributed by atoms with Crippen LogP contribution in [0, 0.1) is 18.6 Å². The summed E-state index contributed by atoms with van der Waals surface area (Å²) in [5.74, 6) is -0.809. The lowest BCUT2D eigenvalue weighted by Gasteiger charge is -2.19. The summed E-state index contributed by atoms with van der Waals surface area (Å²) in [6, 6.07) is 5.31. The second-order valence-electron chi connectivity index (χ2n) is 5.07. The minimum Gasteiger partial charge on any atom is -0.310 e. The number of halogens is 2. The number of rotatable bonds is 6. The standard InChI is InChI=1S/C16H21F2N3/c1-4-19-16(14-9-12(17)6-7-15(14)18)10-13-8-11(3)20-21(13)5-2/h6-9,16,19H,4-5,10H2,1-3H3. The fraction of sp³-hybridized carbons (Fsp3) is 0.438. The topological polar surface area (TPSA) is 29.9 Å². The summed E-state index contributed by atoms with van der Waals surface area (Å²) in [6.45, 7) is 7.34. The van der Waals surface area contributed by atoms with E-state index >= 15 is 0 Å². The minimum atomic E-state index is -0.422. The summed E-state index contributed by atoms with van der Waals surface area (Å²) in [5.41, 5.74) is 2.31. The van der Waals surface area contributed by atoms with Crippen LogP contribution < -0.4 is 5.32 Å². The van der Waals surface area contributed by atoms with E-state index < -0.39 is 5.82 Å². The molecular weight excluding hydrogens is 272 g/mol. The van der Waals surface area contributed by atoms with Crippen molar-refractivity contribution in [3.8, 4) is 0 Å². The predicted octanol–water partition coefficient (Wildman–Crippen LogP) is 3.38. The van der Waals surface area contributed by atoms with E-state index in [1.807, 2.05) is 31.5 Å². The highest BCUT2D eigenvalue weighted by Crippen LogP contribution is 2.23. The lowest BCUT2D eigenvalue weighted by Crippen LogP contribution is -2.25. The Morgan fingerprint density at radius 3 is 2.67 bits per heavy atom. The Labute approximate surface area is 124 Å². The van der Waals surface area contributed by atoms with Crippen molar-refractivity contribution in [1.82, 2.24) is 15.1 Å². The number of benzene rings is 1. The molecule has 114 valence electrons. The first kappa shape index (κ1) is 15.6. The van der Waals surface area contributed by atoms with Gasteiger partial charge in [-0.2, -0.15) is 5.10 Å². The predicted molar refractivity (Wildman–Crippen MR) is 79.1 cm³/mol. The first-order valence-electron chi connectivity index (χ1n) is 7.26. The molecular formula is C16H21F2N3. The van der Waals surface area contributed by atoms with Gasteiger partial charge in [-0.15, -0.1) is 0 Å². The third kappa shape index (κ3) is 3.67. The fourth-order valence-corrected chi connectivity index (χ4v) is 2.57. The van der Waals surface area contributed by atoms with Crippen molar-refractivity contribution < 1.29 is 8.78 Å². The molecule has 0 spiro atoms. The van der Waals surface area contributed by atoms with Gasteiger partial charge in [-0.3, -0.25) is 4.68 Å². The number of aryl methyl sites for hydroxylation is 2. The van der Waals surface area contributed by atoms with Crippen LogP contribution in [0.5, 0.6) is 0 Å². The SMILES string of the molecule is CCNC(Cc1cc(C)nn1CC)c1cc(F)ccc1F. The Bertz CT molecular complexity index is 608. The molecule has 1 heterocycles. The summed E-state index contributed by atoms with van der Waals surface area (Å²) < 4.78 is 29.3. The minimum absolute atomic E-state index is 0.271. The van der Waals surface area contributed by atoms with Crippen LogP contribution in [-0.4, -0.2) is 16.3 Å². The molecule has 0 saturated heterocycles. The number of likely N-dealkylation sites (N-methyl/N-ethyl adjacent to an activating group) is 1. The van der Waals surface area contributed by atoms with Crippen LogP contribution in [0.25, 0.3) is 0 Å². The van der Waals surface area contributed by atoms with Crippen LogP contribution in [0.4, 0.5) is 8.78 Å². The van der Waals surface area contributed by atoms with Gasteiger partial charge >= 0.3 is 0 Å². The Hall–Kier alpha value is -1.75. The van der Waals surface area contributed by atoms with Crippen molar-refractivity contribution in [2.24, 2.45) is 0 Å². The molecule has 0 fully saturated rings. The van der Waals surface area contributed by atoms with Crippen LogP contribution in [0.1, 0.15) is 36.8 Å². The van der Waals surface area contributed by atoms with E-state index in [2.05, 4.69) is 10.4 Å². The first-order valence-corrected chi connectivity index (χ1v) is 7.26. The maximum atomic E-state index is 14.0. The van der Waals surface area contributed by atoms with Gasteiger partial charge in [-0.25, -0.2) is 8.78 Å². The van der Waals surface area contributed by atoms with Crippen molar-refractivity contribution in [3.05, 3.63) is 52.9 Å². The molecule has 0 bridgehead atoms. The zero-order valence-corrected chi connectivity index (χ0v) is 12.7. The van der Waals surface area contributed by atoms with E-state index in [4.69, 9.17) is 0 Å². The van der Waals surface area contributed by atoms with Crippen LogP contribution in [0.3, 0.4) is 0 Å². The average Bonchev–Trinajstić information content (AvgIpc) is 2.81. The number of hydrogen-bond acceptors (Lipinski definition) is 2. The zero-order valence-electron chi connectivity index (χ0n) is 12.7. The van der Waals surface area contributed by atoms with Crippen molar-refractivity contribution in [1.29, 1.82) is 0 Å². The second-order valence-corrected chi connectivity index (χ2v) is 5.07. The molecule has 21 heavy (non-hydrogen) atoms. The molecule has 1 aromatic carbocycles. The number of aromatic nitrogens is 2. The lowest BCUT2D eigenvalue weighted by atomic mass is 10.0. The van der Waals surface area contributed by atoms with Crippen molar-refractivity contribution in [3.63, 3.8) is 0 Å². The van der Waals surface area contributed by atoms with Crippen LogP contribution in [-0.2, 0) is 13.0 Å². The van der Waals surface area contributed by atoms with E-state index in [9.17, 15) is 8.78 Å². The molecule has 5 heteroatoms. The molecule has 1 atom stereocenters. The maximum Gasteiger partial charge on any atom is 0.128 e. The van der Waals surface area contributed by atoms with Crippen molar-refractivity contribution >= 4 is 0 Å². The number of nitrogens with one attached hydrogen (secondary N) is 1. The average molecular weight is 293 g/mol. The molecule has 3 nitrogen and oxygen atoms in total. The van der Waals surface area contributed by atoms with Gasteiger partial charge in [0.25, 0.3) is 0 Å². The second kappa shape index (κ2) is 6.80. The van der Waals surface area contributed by atoms with E-state index in [1.54, 1.807) is 0 Å². The molecule has 2 rings (SSSR count). The van der Waals surface area contributed by atoms with Gasteiger partial charge in [-0.1, -0.05) is 6.92 Å². The van der Waals surface area contributed by atoms with E-state index in [1.165, 1.54) is 12.1 Å². The molecule has 0 aliphatic carbocycles. The molecule has 1 aromatic heterocycles. The number of hydrogen-bond donors (Lipinski definition) is 1. The quantitative estimate of drug-likeness (QED) is 0.885. The highest BCUT2D eigenvalue weighted by Gasteiger charge is 2.18. The Morgan fingerprint density at radius 1 is 1.24 bits per heavy atom. The highest BCUT2D eigenvalue weighted by atomic mass is 19.1. The molecule has 0 aliphatic heterocycles. The van der Waals surface area contributed by atoms with Crippen LogP contribution >= 0.6 is 0 Å². The summed E-state index contributed by atoms with van der Waals surface area (Å²) in [5, 5.41) is 7.63. The summed E-state index contributed by atoms with van der Waals surface area (Å²) in [7, 11) is 0. The zero-order chi connectivity index (χ0) is 15.4. The molecule has 2 aromatic rings. The molecule has 1 N–H and O–H groups in total. The fourth-order valence-electron chi connectivity index (χ4n) is 2.57. The maximum absolute atomic E-state index is 14.0. The first-order chi connectivity index (χ1) is 10.0. The Balaban J connectivity index is 2.32. The molecule has 0 radical (unpaired) electrons. The van der Waals surface area contributed by atoms with Gasteiger partial charge in [0.05, 0.1) is 5.69 Å². The monoisotopic (exact) mass is 293 g/mol. The van der Waals surface area contributed by atoms with Crippen molar-refractivity contribution in [2.45, 2.75) is 39.8 Å². The van der Waals surface area contributed by atoms with Gasteiger partial charge < -0.3 is 5.32 Å². The van der Waals surface area contributed by atoms with Crippen LogP contribution in [0.2, 0.25) is 0 Å². The summed E-state index contributed by atoms with van der Waals surface area (Å²) in [6.07, 6.45) is 0.572. The summed E-state index contributed by atoms with van der Waals surface area (Å²) >= 11 is 0. The van der Waals surface area contributed by atoms with Crippen molar-refractivity contribution in [2.75, 3.05) is 6.54 Å². The summed E-state index contributed by atoms with van der Waals surface area (Å²) in [4.78, 5) is 0. The Kier molecular flexibility index (Phi) is 5.07. The van der Waals surface area contributed by atoms with E-state index in [-0.39, 0.29) is 11.9 Å². The van der Waals surface area contributed by atoms with Gasteiger partial charge in [0.15, 0.2) is 0 Å². The smallest absolute Gasteiger partial charge is 0.128 e. The highest BCUT2D eigenvalue weighted by molar-refractivity contribution is 5.24. The van der Waals surface area contributed by atoms with Gasteiger partial charge in [0, 0.05) is 30.3 Å². The van der Waals surface area contributed by atoms with Gasteiger partial charge in [0.2, 0.25) is 0 Å². The van der Waals surface area contributed by atoms with Gasteiger partial charge in [-0.05, 0) is 44.7 Å². The third-order valence-electron chi connectivity index (χ3n) is 3.48. The molecule has 1 unspecified atom stereocenters. The normalized spacial score (nSPS) is 12.6. The largest absolute Gasteiger partial charge is 0.310 e. The molecule has 0 amide bonds. The molecule has 0 saturated carbocycles. The van der Waals surface area contributed by atoms with Gasteiger partial charge in [0.1, 0.15) is 11.6 Å². The molecule has 0 aliphatic rings. The lowest BCUT2D eigenvalue weighted by molar-refractivity contribution is 0.484. The third-order valence-corrected chi connectivity index (χ3v) is 3.48. The number of nitrogens with zero attached hydrogens (tertiary/aromatic N) is 2.